The lowest BCUT2D eigenvalue weighted by Gasteiger charge is -2.10. The second-order valence-corrected chi connectivity index (χ2v) is 6.45. The predicted molar refractivity (Wildman–Crippen MR) is 97.4 cm³/mol. The largest absolute Gasteiger partial charge is 0.502 e. The number of aromatic hydroxyl groups is 1. The Morgan fingerprint density at radius 1 is 1.35 bits per heavy atom. The molecule has 0 aliphatic heterocycles. The first-order chi connectivity index (χ1) is 12.5. The minimum absolute atomic E-state index is 0.310. The van der Waals surface area contributed by atoms with Crippen LogP contribution in [-0.2, 0) is 12.8 Å². The predicted octanol–water partition coefficient (Wildman–Crippen LogP) is 4.38. The lowest BCUT2D eigenvalue weighted by molar-refractivity contribution is -0.385. The van der Waals surface area contributed by atoms with Crippen molar-refractivity contribution in [1.82, 2.24) is 4.98 Å². The number of phenolic OH excluding ortho intramolecular Hbond substituents is 1. The molecule has 0 saturated heterocycles. The Labute approximate surface area is 149 Å². The smallest absolute Gasteiger partial charge is 0.315 e. The zero-order valence-corrected chi connectivity index (χ0v) is 14.2. The molecule has 26 heavy (non-hydrogen) atoms. The number of rotatable bonds is 3. The van der Waals surface area contributed by atoms with Gasteiger partial charge in [0.15, 0.2) is 5.82 Å². The number of hydrogen-bond donors (Lipinski definition) is 1. The van der Waals surface area contributed by atoms with Gasteiger partial charge in [-0.3, -0.25) is 10.1 Å². The summed E-state index contributed by atoms with van der Waals surface area (Å²) < 4.78 is 5.86. The van der Waals surface area contributed by atoms with Crippen LogP contribution in [-0.4, -0.2) is 21.2 Å². The molecule has 1 aliphatic carbocycles. The lowest BCUT2D eigenvalue weighted by atomic mass is 9.93. The highest BCUT2D eigenvalue weighted by atomic mass is 16.6. The van der Waals surface area contributed by atoms with Crippen LogP contribution in [0.25, 0.3) is 11.0 Å². The first kappa shape index (κ1) is 16.3. The molecule has 0 unspecified atom stereocenters. The van der Waals surface area contributed by atoms with E-state index in [1.807, 2.05) is 13.0 Å². The molecule has 1 N–H and O–H groups in total. The van der Waals surface area contributed by atoms with E-state index in [4.69, 9.17) is 4.42 Å². The molecule has 1 aliphatic rings. The number of nitro groups is 1. The summed E-state index contributed by atoms with van der Waals surface area (Å²) in [6.07, 6.45) is 6.76. The van der Waals surface area contributed by atoms with E-state index in [2.05, 4.69) is 9.98 Å². The van der Waals surface area contributed by atoms with Gasteiger partial charge < -0.3 is 9.52 Å². The molecule has 0 bridgehead atoms. The van der Waals surface area contributed by atoms with Gasteiger partial charge in [-0.2, -0.15) is 0 Å². The Morgan fingerprint density at radius 3 is 2.92 bits per heavy atom. The summed E-state index contributed by atoms with van der Waals surface area (Å²) in [6.45, 7) is 1.93. The molecule has 3 aromatic rings. The van der Waals surface area contributed by atoms with Gasteiger partial charge in [0.2, 0.25) is 5.75 Å². The highest BCUT2D eigenvalue weighted by Gasteiger charge is 2.27. The van der Waals surface area contributed by atoms with Crippen LogP contribution < -0.4 is 0 Å². The van der Waals surface area contributed by atoms with Gasteiger partial charge in [-0.1, -0.05) is 0 Å². The summed E-state index contributed by atoms with van der Waals surface area (Å²) in [5, 5.41) is 22.5. The molecule has 1 aromatic carbocycles. The number of fused-ring (bicyclic) bond motifs is 3. The summed E-state index contributed by atoms with van der Waals surface area (Å²) in [7, 11) is 0. The average molecular weight is 351 g/mol. The minimum atomic E-state index is -0.613. The third kappa shape index (κ3) is 2.71. The fourth-order valence-electron chi connectivity index (χ4n) is 3.42. The maximum atomic E-state index is 11.3. The monoisotopic (exact) mass is 351 g/mol. The summed E-state index contributed by atoms with van der Waals surface area (Å²) in [6, 6.07) is 4.95. The number of furan rings is 1. The van der Waals surface area contributed by atoms with Crippen molar-refractivity contribution < 1.29 is 14.4 Å². The molecule has 132 valence electrons. The zero-order valence-electron chi connectivity index (χ0n) is 14.2. The van der Waals surface area contributed by atoms with E-state index >= 15 is 0 Å². The summed E-state index contributed by atoms with van der Waals surface area (Å²) in [4.78, 5) is 19.2. The van der Waals surface area contributed by atoms with Crippen LogP contribution in [0, 0.1) is 17.0 Å². The van der Waals surface area contributed by atoms with Crippen LogP contribution in [0.2, 0.25) is 0 Å². The van der Waals surface area contributed by atoms with Gasteiger partial charge in [-0.25, -0.2) is 9.98 Å². The molecular formula is C19H17N3O4. The normalized spacial score (nSPS) is 14.0. The fourth-order valence-corrected chi connectivity index (χ4v) is 3.42. The van der Waals surface area contributed by atoms with Gasteiger partial charge in [-0.15, -0.1) is 0 Å². The van der Waals surface area contributed by atoms with Crippen molar-refractivity contribution in [2.24, 2.45) is 4.99 Å². The van der Waals surface area contributed by atoms with Crippen molar-refractivity contribution in [3.05, 3.63) is 57.0 Å². The Morgan fingerprint density at radius 2 is 2.15 bits per heavy atom. The number of aromatic nitrogens is 1. The van der Waals surface area contributed by atoms with E-state index in [0.29, 0.717) is 22.4 Å². The molecule has 0 radical (unpaired) electrons. The third-order valence-electron chi connectivity index (χ3n) is 4.66. The topological polar surface area (TPSA) is 102 Å². The molecule has 0 amide bonds. The van der Waals surface area contributed by atoms with Gasteiger partial charge in [-0.05, 0) is 43.9 Å². The summed E-state index contributed by atoms with van der Waals surface area (Å²) in [5.41, 5.74) is 2.35. The highest BCUT2D eigenvalue weighted by molar-refractivity contribution is 6.05. The molecule has 2 heterocycles. The van der Waals surface area contributed by atoms with E-state index in [9.17, 15) is 15.2 Å². The molecule has 7 nitrogen and oxygen atoms in total. The minimum Gasteiger partial charge on any atom is -0.502 e. The first-order valence-electron chi connectivity index (χ1n) is 8.46. The highest BCUT2D eigenvalue weighted by Crippen LogP contribution is 2.41. The van der Waals surface area contributed by atoms with Crippen LogP contribution in [0.1, 0.15) is 35.3 Å². The van der Waals surface area contributed by atoms with Crippen LogP contribution in [0.5, 0.6) is 5.75 Å². The van der Waals surface area contributed by atoms with Crippen molar-refractivity contribution in [3.63, 3.8) is 0 Å². The summed E-state index contributed by atoms with van der Waals surface area (Å²) >= 11 is 0. The SMILES string of the molecule is Cc1ccnc(N=Cc2c(O)c([N+](=O)[O-])cc3oc4c(c23)CCCC4)c1. The molecule has 0 fully saturated rings. The van der Waals surface area contributed by atoms with E-state index in [1.54, 1.807) is 12.3 Å². The molecule has 0 atom stereocenters. The molecule has 2 aromatic heterocycles. The molecule has 7 heteroatoms. The number of phenols is 1. The van der Waals surface area contributed by atoms with Crippen molar-refractivity contribution in [2.45, 2.75) is 32.6 Å². The molecule has 4 rings (SSSR count). The summed E-state index contributed by atoms with van der Waals surface area (Å²) in [5.74, 6) is 0.920. The lowest BCUT2D eigenvalue weighted by Crippen LogP contribution is -2.00. The number of pyridine rings is 1. The van der Waals surface area contributed by atoms with Crippen molar-refractivity contribution >= 4 is 28.7 Å². The number of aliphatic imine (C=N–C) groups is 1. The Kier molecular flexibility index (Phi) is 3.91. The van der Waals surface area contributed by atoms with Crippen molar-refractivity contribution in [3.8, 4) is 5.75 Å². The quantitative estimate of drug-likeness (QED) is 0.428. The van der Waals surface area contributed by atoms with Crippen LogP contribution in [0.4, 0.5) is 11.5 Å². The molecular weight excluding hydrogens is 334 g/mol. The average Bonchev–Trinajstić information content (AvgIpc) is 2.99. The molecule has 0 spiro atoms. The van der Waals surface area contributed by atoms with E-state index in [-0.39, 0.29) is 5.69 Å². The van der Waals surface area contributed by atoms with Gasteiger partial charge in [0.05, 0.1) is 16.6 Å². The van der Waals surface area contributed by atoms with E-state index < -0.39 is 10.7 Å². The van der Waals surface area contributed by atoms with Gasteiger partial charge in [0, 0.05) is 29.8 Å². The fraction of sp³-hybridized carbons (Fsp3) is 0.263. The molecule has 0 saturated carbocycles. The maximum absolute atomic E-state index is 11.3. The number of aryl methyl sites for hydroxylation is 3. The van der Waals surface area contributed by atoms with Gasteiger partial charge in [0.25, 0.3) is 0 Å². The Hall–Kier alpha value is -3.22. The number of nitrogens with zero attached hydrogens (tertiary/aromatic N) is 3. The zero-order chi connectivity index (χ0) is 18.3. The van der Waals surface area contributed by atoms with Crippen molar-refractivity contribution in [2.75, 3.05) is 0 Å². The van der Waals surface area contributed by atoms with Crippen LogP contribution in [0.15, 0.2) is 33.8 Å². The second kappa shape index (κ2) is 6.25. The second-order valence-electron chi connectivity index (χ2n) is 6.45. The van der Waals surface area contributed by atoms with E-state index in [1.165, 1.54) is 12.3 Å². The Balaban J connectivity index is 1.94. The number of nitro benzene ring substituents is 1. The number of hydrogen-bond acceptors (Lipinski definition) is 6. The Bertz CT molecular complexity index is 1050. The third-order valence-corrected chi connectivity index (χ3v) is 4.66. The maximum Gasteiger partial charge on any atom is 0.315 e. The van der Waals surface area contributed by atoms with Crippen LogP contribution >= 0.6 is 0 Å². The van der Waals surface area contributed by atoms with E-state index in [0.717, 1.165) is 42.6 Å². The number of benzene rings is 1. The van der Waals surface area contributed by atoms with Gasteiger partial charge >= 0.3 is 5.69 Å². The standard InChI is InChI=1S/C19H17N3O4/c1-11-6-7-20-17(8-11)21-10-13-18-12-4-2-3-5-15(12)26-16(18)9-14(19(13)23)22(24)25/h6-10,23H,2-5H2,1H3. The van der Waals surface area contributed by atoms with Crippen molar-refractivity contribution in [1.29, 1.82) is 0 Å². The van der Waals surface area contributed by atoms with Gasteiger partial charge in [0.1, 0.15) is 11.3 Å². The van der Waals surface area contributed by atoms with Crippen LogP contribution in [0.3, 0.4) is 0 Å². The first-order valence-corrected chi connectivity index (χ1v) is 8.46.